The van der Waals surface area contributed by atoms with Crippen molar-refractivity contribution in [2.45, 2.75) is 38.3 Å². The van der Waals surface area contributed by atoms with Gasteiger partial charge in [-0.15, -0.1) is 0 Å². The molecule has 9 heteroatoms. The Balaban J connectivity index is 1.50. The van der Waals surface area contributed by atoms with Crippen LogP contribution in [0.1, 0.15) is 25.3 Å². The molecule has 4 amide bonds. The lowest BCUT2D eigenvalue weighted by Gasteiger charge is -2.33. The molecule has 3 rings (SSSR count). The van der Waals surface area contributed by atoms with Gasteiger partial charge in [0, 0.05) is 43.2 Å². The van der Waals surface area contributed by atoms with Crippen LogP contribution in [-0.4, -0.2) is 47.9 Å². The predicted molar refractivity (Wildman–Crippen MR) is 121 cm³/mol. The molecule has 0 spiro atoms. The van der Waals surface area contributed by atoms with Crippen molar-refractivity contribution >= 4 is 35.1 Å². The SMILES string of the molecule is CC(=O)N[C@H](Cc1ccc(F)cc1)C(=O)NC1CCN(C(=O)Nc2ccc(Cl)cc2)CC1. The summed E-state index contributed by atoms with van der Waals surface area (Å²) in [5.41, 5.74) is 1.41. The summed E-state index contributed by atoms with van der Waals surface area (Å²) in [5, 5.41) is 9.06. The van der Waals surface area contributed by atoms with Gasteiger partial charge in [-0.1, -0.05) is 23.7 Å². The van der Waals surface area contributed by atoms with Gasteiger partial charge in [0.2, 0.25) is 11.8 Å². The maximum atomic E-state index is 13.1. The van der Waals surface area contributed by atoms with Gasteiger partial charge >= 0.3 is 6.03 Å². The minimum atomic E-state index is -0.760. The molecule has 1 heterocycles. The maximum absolute atomic E-state index is 13.1. The van der Waals surface area contributed by atoms with E-state index in [2.05, 4.69) is 16.0 Å². The van der Waals surface area contributed by atoms with Crippen molar-refractivity contribution in [3.8, 4) is 0 Å². The molecule has 0 bridgehead atoms. The van der Waals surface area contributed by atoms with E-state index in [0.717, 1.165) is 5.56 Å². The Morgan fingerprint density at radius 1 is 1.06 bits per heavy atom. The molecular formula is C23H26ClFN4O3. The van der Waals surface area contributed by atoms with Crippen LogP contribution in [-0.2, 0) is 16.0 Å². The average molecular weight is 461 g/mol. The lowest BCUT2D eigenvalue weighted by molar-refractivity contribution is -0.128. The lowest BCUT2D eigenvalue weighted by Crippen LogP contribution is -2.53. The number of nitrogens with zero attached hydrogens (tertiary/aromatic N) is 1. The molecule has 1 saturated heterocycles. The third kappa shape index (κ3) is 6.95. The van der Waals surface area contributed by atoms with E-state index in [1.807, 2.05) is 0 Å². The number of urea groups is 1. The Morgan fingerprint density at radius 2 is 1.69 bits per heavy atom. The first-order valence-corrected chi connectivity index (χ1v) is 10.8. The van der Waals surface area contributed by atoms with Gasteiger partial charge < -0.3 is 20.9 Å². The fraction of sp³-hybridized carbons (Fsp3) is 0.348. The van der Waals surface area contributed by atoms with Crippen molar-refractivity contribution in [3.05, 3.63) is 64.9 Å². The van der Waals surface area contributed by atoms with E-state index in [0.29, 0.717) is 36.6 Å². The first-order chi connectivity index (χ1) is 15.3. The highest BCUT2D eigenvalue weighted by Crippen LogP contribution is 2.16. The minimum Gasteiger partial charge on any atom is -0.351 e. The van der Waals surface area contributed by atoms with E-state index in [9.17, 15) is 18.8 Å². The molecule has 0 aromatic heterocycles. The molecule has 3 N–H and O–H groups in total. The van der Waals surface area contributed by atoms with Gasteiger partial charge in [-0.25, -0.2) is 9.18 Å². The van der Waals surface area contributed by atoms with Crippen molar-refractivity contribution in [1.82, 2.24) is 15.5 Å². The zero-order valence-electron chi connectivity index (χ0n) is 17.7. The van der Waals surface area contributed by atoms with E-state index < -0.39 is 6.04 Å². The standard InChI is InChI=1S/C23H26ClFN4O3/c1-15(30)26-21(14-16-2-6-18(25)7-3-16)22(31)27-20-10-12-29(13-11-20)23(32)28-19-8-4-17(24)5-9-19/h2-9,20-21H,10-14H2,1H3,(H,26,30)(H,27,31)(H,28,32)/t21-/m1/s1. The zero-order valence-corrected chi connectivity index (χ0v) is 18.5. The molecule has 1 aliphatic rings. The number of amides is 4. The summed E-state index contributed by atoms with van der Waals surface area (Å²) in [6, 6.07) is 11.6. The van der Waals surface area contributed by atoms with Crippen LogP contribution in [0.2, 0.25) is 5.02 Å². The zero-order chi connectivity index (χ0) is 23.1. The number of anilines is 1. The monoisotopic (exact) mass is 460 g/mol. The molecule has 1 aliphatic heterocycles. The predicted octanol–water partition coefficient (Wildman–Crippen LogP) is 3.34. The summed E-state index contributed by atoms with van der Waals surface area (Å²) in [6.45, 7) is 2.34. The lowest BCUT2D eigenvalue weighted by atomic mass is 10.0. The number of likely N-dealkylation sites (tertiary alicyclic amines) is 1. The summed E-state index contributed by atoms with van der Waals surface area (Å²) < 4.78 is 13.1. The molecule has 2 aromatic rings. The van der Waals surface area contributed by atoms with E-state index in [1.165, 1.54) is 19.1 Å². The summed E-state index contributed by atoms with van der Waals surface area (Å²) in [5.74, 6) is -0.976. The van der Waals surface area contributed by atoms with Gasteiger partial charge in [0.25, 0.3) is 0 Å². The molecular weight excluding hydrogens is 435 g/mol. The number of nitrogens with one attached hydrogen (secondary N) is 3. The van der Waals surface area contributed by atoms with Gasteiger partial charge in [0.05, 0.1) is 0 Å². The topological polar surface area (TPSA) is 90.5 Å². The van der Waals surface area contributed by atoms with E-state index in [1.54, 1.807) is 41.3 Å². The number of carbonyl (C=O) groups excluding carboxylic acids is 3. The number of hydrogen-bond donors (Lipinski definition) is 3. The summed E-state index contributed by atoms with van der Waals surface area (Å²) in [4.78, 5) is 38.5. The number of halogens is 2. The molecule has 0 radical (unpaired) electrons. The summed E-state index contributed by atoms with van der Waals surface area (Å²) >= 11 is 5.86. The second-order valence-corrected chi connectivity index (χ2v) is 8.23. The van der Waals surface area contributed by atoms with Crippen LogP contribution in [0.25, 0.3) is 0 Å². The number of benzene rings is 2. The second kappa shape index (κ2) is 10.9. The minimum absolute atomic E-state index is 0.105. The van der Waals surface area contributed by atoms with Crippen molar-refractivity contribution in [2.75, 3.05) is 18.4 Å². The smallest absolute Gasteiger partial charge is 0.321 e. The highest BCUT2D eigenvalue weighted by molar-refractivity contribution is 6.30. The van der Waals surface area contributed by atoms with Crippen molar-refractivity contribution in [3.63, 3.8) is 0 Å². The molecule has 32 heavy (non-hydrogen) atoms. The van der Waals surface area contributed by atoms with Crippen LogP contribution < -0.4 is 16.0 Å². The number of carbonyl (C=O) groups is 3. The molecule has 1 atom stereocenters. The quantitative estimate of drug-likeness (QED) is 0.617. The Kier molecular flexibility index (Phi) is 8.05. The summed E-state index contributed by atoms with van der Waals surface area (Å²) in [7, 11) is 0. The third-order valence-electron chi connectivity index (χ3n) is 5.27. The third-order valence-corrected chi connectivity index (χ3v) is 5.52. The molecule has 0 aliphatic carbocycles. The molecule has 0 unspecified atom stereocenters. The average Bonchev–Trinajstić information content (AvgIpc) is 2.76. The van der Waals surface area contributed by atoms with Crippen molar-refractivity contribution in [2.24, 2.45) is 0 Å². The van der Waals surface area contributed by atoms with Crippen LogP contribution in [0, 0.1) is 5.82 Å². The van der Waals surface area contributed by atoms with E-state index in [4.69, 9.17) is 11.6 Å². The van der Waals surface area contributed by atoms with Gasteiger partial charge in [0.1, 0.15) is 11.9 Å². The van der Waals surface area contributed by atoms with E-state index >= 15 is 0 Å². The van der Waals surface area contributed by atoms with E-state index in [-0.39, 0.29) is 36.1 Å². The van der Waals surface area contributed by atoms with Crippen LogP contribution in [0.5, 0.6) is 0 Å². The Labute approximate surface area is 191 Å². The second-order valence-electron chi connectivity index (χ2n) is 7.79. The normalized spacial score (nSPS) is 15.0. The number of rotatable bonds is 6. The van der Waals surface area contributed by atoms with Crippen LogP contribution in [0.3, 0.4) is 0 Å². The fourth-order valence-corrected chi connectivity index (χ4v) is 3.70. The first-order valence-electron chi connectivity index (χ1n) is 10.4. The maximum Gasteiger partial charge on any atom is 0.321 e. The molecule has 0 saturated carbocycles. The largest absolute Gasteiger partial charge is 0.351 e. The van der Waals surface area contributed by atoms with Gasteiger partial charge in [0.15, 0.2) is 0 Å². The van der Waals surface area contributed by atoms with Crippen LogP contribution in [0.15, 0.2) is 48.5 Å². The molecule has 2 aromatic carbocycles. The van der Waals surface area contributed by atoms with Gasteiger partial charge in [-0.2, -0.15) is 0 Å². The Hall–Kier alpha value is -3.13. The summed E-state index contributed by atoms with van der Waals surface area (Å²) in [6.07, 6.45) is 1.46. The van der Waals surface area contributed by atoms with Crippen molar-refractivity contribution in [1.29, 1.82) is 0 Å². The number of piperidine rings is 1. The van der Waals surface area contributed by atoms with Crippen LogP contribution in [0.4, 0.5) is 14.9 Å². The highest BCUT2D eigenvalue weighted by atomic mass is 35.5. The first kappa shape index (κ1) is 23.5. The van der Waals surface area contributed by atoms with Gasteiger partial charge in [-0.3, -0.25) is 9.59 Å². The van der Waals surface area contributed by atoms with Gasteiger partial charge in [-0.05, 0) is 54.8 Å². The number of hydrogen-bond acceptors (Lipinski definition) is 3. The van der Waals surface area contributed by atoms with Crippen LogP contribution >= 0.6 is 11.6 Å². The molecule has 7 nitrogen and oxygen atoms in total. The molecule has 170 valence electrons. The van der Waals surface area contributed by atoms with Crippen molar-refractivity contribution < 1.29 is 18.8 Å². The fourth-order valence-electron chi connectivity index (χ4n) is 3.58. The highest BCUT2D eigenvalue weighted by Gasteiger charge is 2.27. The Bertz CT molecular complexity index is 945. The molecule has 1 fully saturated rings. The Morgan fingerprint density at radius 3 is 2.28 bits per heavy atom.